The van der Waals surface area contributed by atoms with E-state index in [-0.39, 0.29) is 11.8 Å². The third-order valence-electron chi connectivity index (χ3n) is 12.9. The van der Waals surface area contributed by atoms with Gasteiger partial charge in [-0.1, -0.05) is 97.1 Å². The Kier molecular flexibility index (Phi) is 10.9. The summed E-state index contributed by atoms with van der Waals surface area (Å²) in [7, 11) is -1.00. The van der Waals surface area contributed by atoms with E-state index in [0.717, 1.165) is 58.8 Å². The molecule has 6 aromatic rings. The van der Waals surface area contributed by atoms with Crippen molar-refractivity contribution in [2.75, 3.05) is 26.2 Å². The molecule has 1 aromatic heterocycles. The van der Waals surface area contributed by atoms with Gasteiger partial charge in [-0.05, 0) is 102 Å². The van der Waals surface area contributed by atoms with Crippen molar-refractivity contribution in [2.45, 2.75) is 63.1 Å². The highest BCUT2D eigenvalue weighted by atomic mass is 16.7. The molecule has 9 rings (SSSR count). The third kappa shape index (κ3) is 7.53. The first-order valence-electron chi connectivity index (χ1n) is 21.1. The summed E-state index contributed by atoms with van der Waals surface area (Å²) in [5.41, 5.74) is 19.8. The molecule has 1 atom stereocenters. The van der Waals surface area contributed by atoms with Crippen molar-refractivity contribution in [3.63, 3.8) is 0 Å². The summed E-state index contributed by atoms with van der Waals surface area (Å²) >= 11 is 0. The number of amides is 2. The molecular weight excluding hydrogens is 749 g/mol. The molecule has 11 heteroatoms. The number of piperidine rings is 2. The van der Waals surface area contributed by atoms with Crippen LogP contribution in [0.4, 0.5) is 0 Å². The zero-order valence-corrected chi connectivity index (χ0v) is 33.9. The zero-order valence-electron chi connectivity index (χ0n) is 33.9. The smallest absolute Gasteiger partial charge is 0.503 e. The molecule has 4 heterocycles. The van der Waals surface area contributed by atoms with E-state index in [1.165, 1.54) is 11.1 Å². The van der Waals surface area contributed by atoms with Crippen LogP contribution in [-0.2, 0) is 32.8 Å². The van der Waals surface area contributed by atoms with Crippen LogP contribution in [0.3, 0.4) is 0 Å². The summed E-state index contributed by atoms with van der Waals surface area (Å²) in [6.07, 6.45) is 3.53. The highest BCUT2D eigenvalue weighted by Gasteiger charge is 2.52. The number of benzene rings is 5. The van der Waals surface area contributed by atoms with E-state index in [4.69, 9.17) is 20.8 Å². The van der Waals surface area contributed by atoms with Crippen LogP contribution in [0.5, 0.6) is 0 Å². The molecule has 60 heavy (non-hydrogen) atoms. The average molecular weight is 800 g/mol. The molecule has 0 unspecified atom stereocenters. The first kappa shape index (κ1) is 39.5. The van der Waals surface area contributed by atoms with E-state index >= 15 is 0 Å². The molecule has 304 valence electrons. The van der Waals surface area contributed by atoms with E-state index in [1.807, 2.05) is 94.7 Å². The van der Waals surface area contributed by atoms with Crippen LogP contribution in [0.2, 0.25) is 0 Å². The maximum absolute atomic E-state index is 13.9. The lowest BCUT2D eigenvalue weighted by atomic mass is 9.74. The van der Waals surface area contributed by atoms with E-state index in [2.05, 4.69) is 41.4 Å². The summed E-state index contributed by atoms with van der Waals surface area (Å²) < 4.78 is 12.7. The second kappa shape index (κ2) is 16.6. The minimum atomic E-state index is -1.45. The second-order valence-electron chi connectivity index (χ2n) is 16.5. The van der Waals surface area contributed by atoms with Gasteiger partial charge in [-0.2, -0.15) is 0 Å². The SMILES string of the molecule is C[C@]1(c2cccc3[nH]c(C(=O)N4CCC(c5cccc(CN)c5)CC4)cc23)OB(c2ccccc2-c2cccc(C(=O)N3CCC(c4cccc(CN)c4)CC3)c2)OC1=O. The number of nitrogens with zero attached hydrogens (tertiary/aromatic N) is 2. The predicted molar refractivity (Wildman–Crippen MR) is 235 cm³/mol. The molecule has 5 N–H and O–H groups in total. The lowest BCUT2D eigenvalue weighted by Gasteiger charge is -2.32. The van der Waals surface area contributed by atoms with Gasteiger partial charge in [-0.25, -0.2) is 0 Å². The number of hydrogen-bond donors (Lipinski definition) is 3. The van der Waals surface area contributed by atoms with E-state index in [1.54, 1.807) is 6.92 Å². The van der Waals surface area contributed by atoms with E-state index in [0.29, 0.717) is 73.4 Å². The van der Waals surface area contributed by atoms with Crippen molar-refractivity contribution in [2.24, 2.45) is 11.5 Å². The number of H-pyrrole nitrogens is 1. The molecule has 3 saturated heterocycles. The Bertz CT molecular complexity index is 2570. The van der Waals surface area contributed by atoms with Crippen molar-refractivity contribution in [3.8, 4) is 11.1 Å². The Morgan fingerprint density at radius 3 is 1.97 bits per heavy atom. The Morgan fingerprint density at radius 2 is 1.32 bits per heavy atom. The Hall–Kier alpha value is -6.01. The number of carbonyl (C=O) groups excluding carboxylic acids is 3. The molecule has 3 fully saturated rings. The Morgan fingerprint density at radius 1 is 0.717 bits per heavy atom. The molecule has 0 bridgehead atoms. The molecule has 5 aromatic carbocycles. The maximum Gasteiger partial charge on any atom is 0.566 e. The number of likely N-dealkylation sites (tertiary alicyclic amines) is 2. The topological polar surface area (TPSA) is 144 Å². The molecule has 0 spiro atoms. The second-order valence-corrected chi connectivity index (χ2v) is 16.5. The van der Waals surface area contributed by atoms with Gasteiger partial charge in [0.2, 0.25) is 0 Å². The minimum Gasteiger partial charge on any atom is -0.503 e. The van der Waals surface area contributed by atoms with Gasteiger partial charge in [-0.3, -0.25) is 14.4 Å². The molecule has 3 aliphatic heterocycles. The monoisotopic (exact) mass is 799 g/mol. The minimum absolute atomic E-state index is 0.00449. The summed E-state index contributed by atoms with van der Waals surface area (Å²) in [4.78, 5) is 48.8. The van der Waals surface area contributed by atoms with Gasteiger partial charge in [0.15, 0.2) is 5.60 Å². The number of aromatic amines is 1. The standard InChI is InChI=1S/C49H50BN5O5/c1-49(42-15-7-17-44-41(42)29-45(53-44)47(57)55-24-20-35(21-25-55)37-11-5-9-33(27-37)31-52)48(58)59-50(60-49)43-16-3-2-14-40(43)38-12-6-13-39(28-38)46(56)54-22-18-34(19-23-54)36-10-4-8-32(26-36)30-51/h2-17,26-29,34-35,53H,18-25,30-31,51-52H2,1H3/t49-/m1/s1. The highest BCUT2D eigenvalue weighted by Crippen LogP contribution is 2.39. The van der Waals surface area contributed by atoms with Crippen LogP contribution in [-0.4, -0.2) is 65.9 Å². The van der Waals surface area contributed by atoms with Gasteiger partial charge in [0, 0.05) is 66.8 Å². The van der Waals surface area contributed by atoms with Crippen LogP contribution < -0.4 is 16.9 Å². The van der Waals surface area contributed by atoms with Crippen LogP contribution in [0, 0.1) is 0 Å². The largest absolute Gasteiger partial charge is 0.566 e. The van der Waals surface area contributed by atoms with Crippen molar-refractivity contribution in [1.82, 2.24) is 14.8 Å². The number of hydrogen-bond acceptors (Lipinski definition) is 7. The fourth-order valence-corrected chi connectivity index (χ4v) is 9.40. The van der Waals surface area contributed by atoms with Crippen molar-refractivity contribution in [1.29, 1.82) is 0 Å². The van der Waals surface area contributed by atoms with Crippen molar-refractivity contribution < 1.29 is 23.7 Å². The molecule has 2 amide bonds. The van der Waals surface area contributed by atoms with Crippen LogP contribution in [0.15, 0.2) is 121 Å². The Labute approximate surface area is 351 Å². The summed E-state index contributed by atoms with van der Waals surface area (Å²) in [6, 6.07) is 39.6. The Balaban J connectivity index is 0.903. The van der Waals surface area contributed by atoms with E-state index < -0.39 is 18.7 Å². The summed E-state index contributed by atoms with van der Waals surface area (Å²) in [6.45, 7) is 5.39. The number of aromatic nitrogens is 1. The number of nitrogens with two attached hydrogens (primary N) is 2. The number of nitrogens with one attached hydrogen (secondary N) is 1. The first-order chi connectivity index (χ1) is 29.2. The van der Waals surface area contributed by atoms with Crippen molar-refractivity contribution >= 4 is 41.3 Å². The lowest BCUT2D eigenvalue weighted by molar-refractivity contribution is -0.142. The lowest BCUT2D eigenvalue weighted by Crippen LogP contribution is -2.38. The number of carbonyl (C=O) groups is 3. The van der Waals surface area contributed by atoms with Crippen LogP contribution in [0.25, 0.3) is 22.0 Å². The molecule has 0 saturated carbocycles. The zero-order chi connectivity index (χ0) is 41.4. The van der Waals surface area contributed by atoms with Gasteiger partial charge >= 0.3 is 13.1 Å². The molecular formula is C49H50BN5O5. The van der Waals surface area contributed by atoms with Gasteiger partial charge in [0.25, 0.3) is 11.8 Å². The van der Waals surface area contributed by atoms with Gasteiger partial charge in [0.05, 0.1) is 0 Å². The van der Waals surface area contributed by atoms with Gasteiger partial charge in [0.1, 0.15) is 5.69 Å². The fourth-order valence-electron chi connectivity index (χ4n) is 9.40. The van der Waals surface area contributed by atoms with Crippen LogP contribution >= 0.6 is 0 Å². The van der Waals surface area contributed by atoms with E-state index in [9.17, 15) is 14.4 Å². The third-order valence-corrected chi connectivity index (χ3v) is 12.9. The maximum atomic E-state index is 13.9. The highest BCUT2D eigenvalue weighted by molar-refractivity contribution is 6.66. The van der Waals surface area contributed by atoms with Crippen LogP contribution in [0.1, 0.15) is 93.1 Å². The van der Waals surface area contributed by atoms with Gasteiger partial charge in [-0.15, -0.1) is 0 Å². The van der Waals surface area contributed by atoms with Crippen molar-refractivity contribution in [3.05, 3.63) is 160 Å². The average Bonchev–Trinajstić information content (AvgIpc) is 3.89. The molecule has 0 radical (unpaired) electrons. The molecule has 0 aliphatic carbocycles. The van der Waals surface area contributed by atoms with Gasteiger partial charge < -0.3 is 35.6 Å². The first-order valence-corrected chi connectivity index (χ1v) is 21.1. The number of rotatable bonds is 9. The number of fused-ring (bicyclic) bond motifs is 1. The molecule has 10 nitrogen and oxygen atoms in total. The predicted octanol–water partition coefficient (Wildman–Crippen LogP) is 6.98. The molecule has 3 aliphatic rings. The summed E-state index contributed by atoms with van der Waals surface area (Å²) in [5.74, 6) is 0.176. The quantitative estimate of drug-likeness (QED) is 0.134. The normalized spacial score (nSPS) is 18.9. The fraction of sp³-hybridized carbons (Fsp3) is 0.286. The summed E-state index contributed by atoms with van der Waals surface area (Å²) in [5, 5.41) is 0.724.